The Morgan fingerprint density at radius 2 is 1.71 bits per heavy atom. The zero-order valence-corrected chi connectivity index (χ0v) is 22.3. The molecule has 1 saturated heterocycles. The van der Waals surface area contributed by atoms with Gasteiger partial charge in [-0.15, -0.1) is 0 Å². The highest BCUT2D eigenvalue weighted by atomic mass is 16.3. The molecule has 1 fully saturated rings. The number of hydrogen-bond donors (Lipinski definition) is 0. The van der Waals surface area contributed by atoms with Gasteiger partial charge in [-0.25, -0.2) is 0 Å². The number of fused-ring (bicyclic) bond motifs is 2. The maximum atomic E-state index is 14.8. The largest absolute Gasteiger partial charge is 0.469 e. The molecule has 0 N–H and O–H groups in total. The van der Waals surface area contributed by atoms with Gasteiger partial charge in [-0.1, -0.05) is 66.2 Å². The highest BCUT2D eigenvalue weighted by Gasteiger charge is 2.66. The highest BCUT2D eigenvalue weighted by molar-refractivity contribution is 6.13. The summed E-state index contributed by atoms with van der Waals surface area (Å²) in [6.07, 6.45) is 1.65. The van der Waals surface area contributed by atoms with E-state index in [2.05, 4.69) is 24.0 Å². The van der Waals surface area contributed by atoms with E-state index in [0.717, 1.165) is 39.3 Å². The SMILES string of the molecule is Cc1ccc(C(=O)[C@@H]2[C@@H](c3ccco3)CN(C)[C@@]23C(=O)N(Cc2ccccc2C)c2ccccc23)c(C)c1. The number of anilines is 1. The van der Waals surface area contributed by atoms with Crippen molar-refractivity contribution in [2.24, 2.45) is 5.92 Å². The number of carbonyl (C=O) groups excluding carboxylic acids is 2. The van der Waals surface area contributed by atoms with Crippen molar-refractivity contribution in [3.8, 4) is 0 Å². The monoisotopic (exact) mass is 504 g/mol. The lowest BCUT2D eigenvalue weighted by Gasteiger charge is -2.36. The molecule has 4 aromatic rings. The van der Waals surface area contributed by atoms with Gasteiger partial charge in [0.05, 0.1) is 18.7 Å². The molecule has 1 aromatic heterocycles. The van der Waals surface area contributed by atoms with Crippen LogP contribution in [-0.2, 0) is 16.9 Å². The lowest BCUT2D eigenvalue weighted by Crippen LogP contribution is -2.53. The minimum Gasteiger partial charge on any atom is -0.469 e. The van der Waals surface area contributed by atoms with Crippen molar-refractivity contribution in [2.45, 2.75) is 38.8 Å². The second kappa shape index (κ2) is 9.10. The minimum absolute atomic E-state index is 0.0193. The van der Waals surface area contributed by atoms with Crippen LogP contribution in [0.4, 0.5) is 5.69 Å². The summed E-state index contributed by atoms with van der Waals surface area (Å²) in [5, 5.41) is 0. The first-order valence-corrected chi connectivity index (χ1v) is 13.2. The molecule has 38 heavy (non-hydrogen) atoms. The Kier molecular flexibility index (Phi) is 5.84. The molecular weight excluding hydrogens is 472 g/mol. The molecule has 2 aliphatic heterocycles. The van der Waals surface area contributed by atoms with Gasteiger partial charge in [0, 0.05) is 29.3 Å². The number of para-hydroxylation sites is 1. The summed E-state index contributed by atoms with van der Waals surface area (Å²) in [7, 11) is 1.97. The first kappa shape index (κ1) is 24.4. The average Bonchev–Trinajstić information content (AvgIpc) is 3.59. The molecule has 2 aliphatic rings. The molecule has 6 rings (SSSR count). The predicted molar refractivity (Wildman–Crippen MR) is 148 cm³/mol. The fourth-order valence-corrected chi connectivity index (χ4v) is 6.71. The van der Waals surface area contributed by atoms with E-state index in [9.17, 15) is 9.59 Å². The quantitative estimate of drug-likeness (QED) is 0.305. The zero-order chi connectivity index (χ0) is 26.6. The number of likely N-dealkylation sites (N-methyl/N-ethyl adjacent to an activating group) is 1. The smallest absolute Gasteiger partial charge is 0.253 e. The summed E-state index contributed by atoms with van der Waals surface area (Å²) in [5.74, 6) is -0.246. The number of nitrogens with zero attached hydrogens (tertiary/aromatic N) is 2. The maximum Gasteiger partial charge on any atom is 0.253 e. The van der Waals surface area contributed by atoms with Gasteiger partial charge in [-0.3, -0.25) is 14.5 Å². The van der Waals surface area contributed by atoms with Crippen molar-refractivity contribution in [1.29, 1.82) is 0 Å². The van der Waals surface area contributed by atoms with Gasteiger partial charge in [0.2, 0.25) is 0 Å². The van der Waals surface area contributed by atoms with Crippen LogP contribution in [0.15, 0.2) is 89.5 Å². The van der Waals surface area contributed by atoms with Crippen molar-refractivity contribution < 1.29 is 14.0 Å². The maximum absolute atomic E-state index is 14.8. The van der Waals surface area contributed by atoms with Gasteiger partial charge in [-0.2, -0.15) is 0 Å². The fraction of sp³-hybridized carbons (Fsp3) is 0.273. The lowest BCUT2D eigenvalue weighted by molar-refractivity contribution is -0.129. The van der Waals surface area contributed by atoms with Crippen LogP contribution in [0.2, 0.25) is 0 Å². The van der Waals surface area contributed by atoms with Gasteiger partial charge in [0.15, 0.2) is 5.78 Å². The van der Waals surface area contributed by atoms with Crippen LogP contribution in [0.25, 0.3) is 0 Å². The van der Waals surface area contributed by atoms with E-state index in [0.29, 0.717) is 18.7 Å². The van der Waals surface area contributed by atoms with Crippen LogP contribution in [0.5, 0.6) is 0 Å². The van der Waals surface area contributed by atoms with E-state index in [1.165, 1.54) is 0 Å². The molecule has 1 spiro atoms. The number of carbonyl (C=O) groups is 2. The summed E-state index contributed by atoms with van der Waals surface area (Å²) in [6.45, 7) is 7.06. The number of ketones is 1. The summed E-state index contributed by atoms with van der Waals surface area (Å²) in [5.41, 5.74) is 5.53. The van der Waals surface area contributed by atoms with Gasteiger partial charge < -0.3 is 9.32 Å². The van der Waals surface area contributed by atoms with E-state index in [-0.39, 0.29) is 17.6 Å². The van der Waals surface area contributed by atoms with Crippen molar-refractivity contribution >= 4 is 17.4 Å². The number of furan rings is 1. The number of rotatable bonds is 5. The third kappa shape index (κ3) is 3.49. The second-order valence-corrected chi connectivity index (χ2v) is 10.8. The topological polar surface area (TPSA) is 53.8 Å². The van der Waals surface area contributed by atoms with Crippen molar-refractivity contribution in [3.63, 3.8) is 0 Å². The number of amides is 1. The number of Topliss-reactive ketones (excluding diaryl/α,β-unsaturated/α-hetero) is 1. The van der Waals surface area contributed by atoms with Crippen molar-refractivity contribution in [3.05, 3.63) is 124 Å². The van der Waals surface area contributed by atoms with Crippen molar-refractivity contribution in [1.82, 2.24) is 4.90 Å². The van der Waals surface area contributed by atoms with Gasteiger partial charge in [0.25, 0.3) is 5.91 Å². The third-order valence-electron chi connectivity index (χ3n) is 8.53. The summed E-state index contributed by atoms with van der Waals surface area (Å²) in [4.78, 5) is 33.4. The standard InChI is InChI=1S/C33H32N2O3/c1-21-15-16-25(23(3)18-21)31(36)30-26(29-14-9-17-38-29)20-34(4)33(30)27-12-7-8-13-28(27)35(32(33)37)19-24-11-6-5-10-22(24)2/h5-18,26,30H,19-20H2,1-4H3/t26-,30+,33-/m1/s1. The average molecular weight is 505 g/mol. The molecule has 0 aliphatic carbocycles. The summed E-state index contributed by atoms with van der Waals surface area (Å²) in [6, 6.07) is 25.8. The second-order valence-electron chi connectivity index (χ2n) is 10.8. The Hall–Kier alpha value is -3.96. The Morgan fingerprint density at radius 3 is 2.45 bits per heavy atom. The highest BCUT2D eigenvalue weighted by Crippen LogP contribution is 2.57. The Bertz CT molecular complexity index is 1540. The van der Waals surface area contributed by atoms with E-state index < -0.39 is 11.5 Å². The van der Waals surface area contributed by atoms with Crippen LogP contribution in [0.1, 0.15) is 49.9 Å². The number of hydrogen-bond acceptors (Lipinski definition) is 4. The molecule has 3 atom stereocenters. The van der Waals surface area contributed by atoms with E-state index in [1.54, 1.807) is 6.26 Å². The Balaban J connectivity index is 1.55. The van der Waals surface area contributed by atoms with Crippen LogP contribution in [-0.4, -0.2) is 30.2 Å². The molecule has 3 aromatic carbocycles. The van der Waals surface area contributed by atoms with Gasteiger partial charge >= 0.3 is 0 Å². The van der Waals surface area contributed by atoms with Gasteiger partial charge in [0.1, 0.15) is 11.3 Å². The van der Waals surface area contributed by atoms with Crippen LogP contribution in [0.3, 0.4) is 0 Å². The molecule has 3 heterocycles. The van der Waals surface area contributed by atoms with Gasteiger partial charge in [-0.05, 0) is 62.7 Å². The molecule has 0 saturated carbocycles. The summed E-state index contributed by atoms with van der Waals surface area (Å²) >= 11 is 0. The summed E-state index contributed by atoms with van der Waals surface area (Å²) < 4.78 is 5.89. The predicted octanol–water partition coefficient (Wildman–Crippen LogP) is 6.18. The zero-order valence-electron chi connectivity index (χ0n) is 22.3. The van der Waals surface area contributed by atoms with Crippen LogP contribution >= 0.6 is 0 Å². The molecule has 5 nitrogen and oxygen atoms in total. The lowest BCUT2D eigenvalue weighted by atomic mass is 9.71. The first-order chi connectivity index (χ1) is 18.3. The molecule has 192 valence electrons. The molecule has 0 bridgehead atoms. The fourth-order valence-electron chi connectivity index (χ4n) is 6.71. The van der Waals surface area contributed by atoms with Crippen LogP contribution in [0, 0.1) is 26.7 Å². The molecule has 5 heteroatoms. The number of benzene rings is 3. The molecular formula is C33H32N2O3. The number of likely N-dealkylation sites (tertiary alicyclic amines) is 1. The Labute approximate surface area is 223 Å². The molecule has 0 radical (unpaired) electrons. The Morgan fingerprint density at radius 1 is 0.947 bits per heavy atom. The normalized spacial score (nSPS) is 22.8. The van der Waals surface area contributed by atoms with E-state index in [1.807, 2.05) is 92.5 Å². The van der Waals surface area contributed by atoms with E-state index >= 15 is 0 Å². The van der Waals surface area contributed by atoms with E-state index in [4.69, 9.17) is 4.42 Å². The van der Waals surface area contributed by atoms with Crippen LogP contribution < -0.4 is 4.90 Å². The molecule has 0 unspecified atom stereocenters. The minimum atomic E-state index is -1.13. The third-order valence-corrected chi connectivity index (χ3v) is 8.53. The number of aryl methyl sites for hydroxylation is 3. The first-order valence-electron chi connectivity index (χ1n) is 13.2. The van der Waals surface area contributed by atoms with Crippen molar-refractivity contribution in [2.75, 3.05) is 18.5 Å². The molecule has 1 amide bonds.